The van der Waals surface area contributed by atoms with Crippen molar-refractivity contribution in [3.05, 3.63) is 21.8 Å². The Morgan fingerprint density at radius 3 is 1.67 bits per heavy atom. The molecule has 0 radical (unpaired) electrons. The van der Waals surface area contributed by atoms with E-state index in [9.17, 15) is 0 Å². The lowest BCUT2D eigenvalue weighted by molar-refractivity contribution is 0.463. The summed E-state index contributed by atoms with van der Waals surface area (Å²) in [5, 5.41) is 0.984. The van der Waals surface area contributed by atoms with Crippen molar-refractivity contribution < 1.29 is 0 Å². The van der Waals surface area contributed by atoms with E-state index in [1.807, 2.05) is 0 Å². The van der Waals surface area contributed by atoms with Gasteiger partial charge in [0.05, 0.1) is 0 Å². The number of halogens is 1. The fraction of sp³-hybridized carbons (Fsp3) is 0.750. The molecule has 2 unspecified atom stereocenters. The predicted octanol–water partition coefficient (Wildman–Crippen LogP) is 4.72. The molecule has 0 aliphatic heterocycles. The van der Waals surface area contributed by atoms with Crippen LogP contribution in [0.2, 0.25) is 0 Å². The zero-order valence-corrected chi connectivity index (χ0v) is 13.6. The maximum absolute atomic E-state index is 6.70. The lowest BCUT2D eigenvalue weighted by Gasteiger charge is -2.38. The minimum atomic E-state index is 0.113. The van der Waals surface area contributed by atoms with E-state index in [0.29, 0.717) is 23.7 Å². The van der Waals surface area contributed by atoms with Crippen LogP contribution in [0.4, 0.5) is 0 Å². The Labute approximate surface area is 117 Å². The van der Waals surface area contributed by atoms with Crippen molar-refractivity contribution in [2.24, 2.45) is 29.4 Å². The summed E-state index contributed by atoms with van der Waals surface area (Å²) in [5.74, 6) is 1.70. The zero-order chi connectivity index (χ0) is 14.2. The van der Waals surface area contributed by atoms with Gasteiger partial charge in [-0.05, 0) is 40.4 Å². The lowest BCUT2D eigenvalue weighted by Crippen LogP contribution is -2.39. The highest BCUT2D eigenvalue weighted by Gasteiger charge is 2.34. The van der Waals surface area contributed by atoms with E-state index in [1.165, 1.54) is 16.7 Å². The van der Waals surface area contributed by atoms with Gasteiger partial charge in [0.25, 0.3) is 0 Å². The summed E-state index contributed by atoms with van der Waals surface area (Å²) in [4.78, 5) is 0. The third-order valence-corrected chi connectivity index (χ3v) is 4.43. The van der Waals surface area contributed by atoms with Gasteiger partial charge >= 0.3 is 0 Å². The first-order valence-corrected chi connectivity index (χ1v) is 7.47. The fourth-order valence-corrected chi connectivity index (χ4v) is 3.90. The molecule has 0 aromatic heterocycles. The van der Waals surface area contributed by atoms with E-state index in [-0.39, 0.29) is 6.04 Å². The highest BCUT2D eigenvalue weighted by atomic mass is 35.5. The summed E-state index contributed by atoms with van der Waals surface area (Å²) in [6, 6.07) is 0.113. The Balaban J connectivity index is 3.50. The summed E-state index contributed by atoms with van der Waals surface area (Å²) in [6.45, 7) is 15.5. The molecular formula is C16H28ClN. The number of hydrogen-bond acceptors (Lipinski definition) is 1. The molecule has 0 heterocycles. The van der Waals surface area contributed by atoms with E-state index in [0.717, 1.165) is 5.03 Å². The SMILES string of the molecule is CC(C)C1=C(C(C)C)C(N)C(C)C(C(C)C)=C1Cl. The summed E-state index contributed by atoms with van der Waals surface area (Å²) in [5.41, 5.74) is 10.5. The van der Waals surface area contributed by atoms with Gasteiger partial charge < -0.3 is 5.73 Å². The van der Waals surface area contributed by atoms with Crippen LogP contribution in [0.5, 0.6) is 0 Å². The van der Waals surface area contributed by atoms with Gasteiger partial charge in [-0.1, -0.05) is 60.1 Å². The number of hydrogen-bond donors (Lipinski definition) is 1. The molecule has 1 aliphatic carbocycles. The summed E-state index contributed by atoms with van der Waals surface area (Å²) in [6.07, 6.45) is 0. The Hall–Kier alpha value is -0.270. The molecular weight excluding hydrogens is 242 g/mol. The van der Waals surface area contributed by atoms with Gasteiger partial charge in [0.15, 0.2) is 0 Å². The number of rotatable bonds is 3. The zero-order valence-electron chi connectivity index (χ0n) is 12.8. The number of allylic oxidation sites excluding steroid dienone is 2. The molecule has 1 aliphatic rings. The molecule has 0 amide bonds. The van der Waals surface area contributed by atoms with Crippen molar-refractivity contribution in [3.63, 3.8) is 0 Å². The van der Waals surface area contributed by atoms with Crippen molar-refractivity contribution in [2.45, 2.75) is 54.5 Å². The third-order valence-electron chi connectivity index (χ3n) is 4.01. The van der Waals surface area contributed by atoms with Crippen LogP contribution < -0.4 is 5.73 Å². The van der Waals surface area contributed by atoms with Crippen LogP contribution in [0.15, 0.2) is 21.8 Å². The van der Waals surface area contributed by atoms with Crippen molar-refractivity contribution in [1.29, 1.82) is 0 Å². The minimum Gasteiger partial charge on any atom is -0.324 e. The number of nitrogens with two attached hydrogens (primary N) is 1. The summed E-state index contributed by atoms with van der Waals surface area (Å²) >= 11 is 6.70. The van der Waals surface area contributed by atoms with E-state index < -0.39 is 0 Å². The molecule has 104 valence electrons. The maximum atomic E-state index is 6.70. The lowest BCUT2D eigenvalue weighted by atomic mass is 9.71. The van der Waals surface area contributed by atoms with E-state index >= 15 is 0 Å². The molecule has 1 nitrogen and oxygen atoms in total. The molecule has 18 heavy (non-hydrogen) atoms. The average Bonchev–Trinajstić information content (AvgIpc) is 2.21. The summed E-state index contributed by atoms with van der Waals surface area (Å²) < 4.78 is 0. The van der Waals surface area contributed by atoms with Crippen molar-refractivity contribution >= 4 is 11.6 Å². The molecule has 2 heteroatoms. The molecule has 0 aromatic carbocycles. The first kappa shape index (κ1) is 15.8. The van der Waals surface area contributed by atoms with Crippen LogP contribution in [-0.2, 0) is 0 Å². The second kappa shape index (κ2) is 5.79. The predicted molar refractivity (Wildman–Crippen MR) is 81.6 cm³/mol. The molecule has 2 atom stereocenters. The maximum Gasteiger partial charge on any atom is 0.0438 e. The van der Waals surface area contributed by atoms with Crippen molar-refractivity contribution in [1.82, 2.24) is 0 Å². The van der Waals surface area contributed by atoms with Gasteiger partial charge in [0.1, 0.15) is 0 Å². The third kappa shape index (κ3) is 2.67. The van der Waals surface area contributed by atoms with Gasteiger partial charge in [0.2, 0.25) is 0 Å². The van der Waals surface area contributed by atoms with Gasteiger partial charge in [-0.15, -0.1) is 0 Å². The molecule has 0 saturated heterocycles. The molecule has 0 fully saturated rings. The Bertz CT molecular complexity index is 375. The van der Waals surface area contributed by atoms with Crippen LogP contribution >= 0.6 is 11.6 Å². The average molecular weight is 270 g/mol. The van der Waals surface area contributed by atoms with E-state index in [2.05, 4.69) is 48.5 Å². The normalized spacial score (nSPS) is 26.0. The largest absolute Gasteiger partial charge is 0.324 e. The smallest absolute Gasteiger partial charge is 0.0438 e. The second-order valence-corrected chi connectivity index (χ2v) is 6.79. The van der Waals surface area contributed by atoms with Crippen LogP contribution in [0.1, 0.15) is 48.5 Å². The van der Waals surface area contributed by atoms with E-state index in [1.54, 1.807) is 0 Å². The molecule has 2 N–H and O–H groups in total. The molecule has 0 bridgehead atoms. The van der Waals surface area contributed by atoms with Crippen LogP contribution in [0, 0.1) is 23.7 Å². The fourth-order valence-electron chi connectivity index (χ4n) is 3.19. The van der Waals surface area contributed by atoms with E-state index in [4.69, 9.17) is 17.3 Å². The Morgan fingerprint density at radius 1 is 0.889 bits per heavy atom. The molecule has 0 saturated carbocycles. The van der Waals surface area contributed by atoms with Gasteiger partial charge in [-0.3, -0.25) is 0 Å². The first-order valence-electron chi connectivity index (χ1n) is 7.09. The molecule has 0 aromatic rings. The van der Waals surface area contributed by atoms with Crippen molar-refractivity contribution in [2.75, 3.05) is 0 Å². The Morgan fingerprint density at radius 2 is 1.33 bits per heavy atom. The first-order chi connectivity index (χ1) is 8.20. The van der Waals surface area contributed by atoms with Gasteiger partial charge in [-0.25, -0.2) is 0 Å². The topological polar surface area (TPSA) is 26.0 Å². The molecule has 1 rings (SSSR count). The van der Waals surface area contributed by atoms with Gasteiger partial charge in [0, 0.05) is 11.1 Å². The van der Waals surface area contributed by atoms with Crippen LogP contribution in [0.3, 0.4) is 0 Å². The summed E-state index contributed by atoms with van der Waals surface area (Å²) in [7, 11) is 0. The highest BCUT2D eigenvalue weighted by Crippen LogP contribution is 2.44. The van der Waals surface area contributed by atoms with Gasteiger partial charge in [-0.2, -0.15) is 0 Å². The molecule has 0 spiro atoms. The van der Waals surface area contributed by atoms with Crippen LogP contribution in [-0.4, -0.2) is 6.04 Å². The standard InChI is InChI=1S/C16H28ClN/c1-8(2)12-11(7)16(18)14(10(5)6)13(9(3)4)15(12)17/h8-11,16H,18H2,1-7H3. The quantitative estimate of drug-likeness (QED) is 0.788. The Kier molecular flexibility index (Phi) is 5.08. The van der Waals surface area contributed by atoms with Crippen LogP contribution in [0.25, 0.3) is 0 Å². The highest BCUT2D eigenvalue weighted by molar-refractivity contribution is 6.32. The second-order valence-electron chi connectivity index (χ2n) is 6.42. The van der Waals surface area contributed by atoms with Crippen molar-refractivity contribution in [3.8, 4) is 0 Å². The minimum absolute atomic E-state index is 0.113. The monoisotopic (exact) mass is 269 g/mol.